The summed E-state index contributed by atoms with van der Waals surface area (Å²) < 4.78 is 9.61. The molecule has 0 saturated carbocycles. The average molecular weight is 201 g/mol. The maximum Gasteiger partial charge on any atom is 0.407 e. The third-order valence-corrected chi connectivity index (χ3v) is 1.51. The summed E-state index contributed by atoms with van der Waals surface area (Å²) in [4.78, 5) is 21.5. The molecule has 0 rings (SSSR count). The van der Waals surface area contributed by atoms with Crippen molar-refractivity contribution < 1.29 is 19.1 Å². The van der Waals surface area contributed by atoms with Gasteiger partial charge in [-0.2, -0.15) is 0 Å². The van der Waals surface area contributed by atoms with E-state index >= 15 is 0 Å². The van der Waals surface area contributed by atoms with E-state index in [9.17, 15) is 9.59 Å². The van der Waals surface area contributed by atoms with E-state index in [-0.39, 0.29) is 6.61 Å². The Balaban J connectivity index is 3.84. The Labute approximate surface area is 83.1 Å². The van der Waals surface area contributed by atoms with Crippen LogP contribution in [-0.4, -0.2) is 31.8 Å². The normalized spacial score (nSPS) is 11.3. The predicted molar refractivity (Wildman–Crippen MR) is 50.8 cm³/mol. The van der Waals surface area contributed by atoms with Gasteiger partial charge in [-0.25, -0.2) is 9.59 Å². The maximum absolute atomic E-state index is 10.8. The number of carbonyl (C=O) groups is 2. The van der Waals surface area contributed by atoms with Crippen LogP contribution in [0.1, 0.15) is 13.3 Å². The van der Waals surface area contributed by atoms with Gasteiger partial charge in [-0.1, -0.05) is 13.5 Å². The van der Waals surface area contributed by atoms with E-state index < -0.39 is 18.2 Å². The molecule has 0 aromatic rings. The van der Waals surface area contributed by atoms with Crippen LogP contribution in [0, 0.1) is 0 Å². The largest absolute Gasteiger partial charge is 0.459 e. The van der Waals surface area contributed by atoms with E-state index in [2.05, 4.69) is 11.9 Å². The number of rotatable bonds is 5. The lowest BCUT2D eigenvalue weighted by molar-refractivity contribution is -0.140. The summed E-state index contributed by atoms with van der Waals surface area (Å²) in [5.41, 5.74) is 0. The molecule has 5 heteroatoms. The molecule has 0 saturated heterocycles. The van der Waals surface area contributed by atoms with Crippen molar-refractivity contribution >= 4 is 12.1 Å². The van der Waals surface area contributed by atoms with Gasteiger partial charge in [0.2, 0.25) is 0 Å². The molecule has 0 aliphatic heterocycles. The Morgan fingerprint density at radius 3 is 2.64 bits per heavy atom. The second kappa shape index (κ2) is 6.94. The third-order valence-electron chi connectivity index (χ3n) is 1.51. The van der Waals surface area contributed by atoms with Crippen molar-refractivity contribution in [1.29, 1.82) is 0 Å². The molecule has 0 heterocycles. The van der Waals surface area contributed by atoms with Crippen molar-refractivity contribution in [3.8, 4) is 0 Å². The van der Waals surface area contributed by atoms with Crippen LogP contribution in [0.3, 0.4) is 0 Å². The molecule has 0 radical (unpaired) electrons. The summed E-state index contributed by atoms with van der Waals surface area (Å²) in [6, 6.07) is 0. The Hall–Kier alpha value is -1.52. The molecule has 5 nitrogen and oxygen atoms in total. The lowest BCUT2D eigenvalue weighted by atomic mass is 10.3. The van der Waals surface area contributed by atoms with Gasteiger partial charge < -0.3 is 14.8 Å². The lowest BCUT2D eigenvalue weighted by Crippen LogP contribution is -2.29. The first-order valence-electron chi connectivity index (χ1n) is 4.31. The van der Waals surface area contributed by atoms with Crippen LogP contribution in [0.5, 0.6) is 0 Å². The molecule has 0 spiro atoms. The zero-order valence-corrected chi connectivity index (χ0v) is 8.41. The summed E-state index contributed by atoms with van der Waals surface area (Å²) in [7, 11) is 1.46. The summed E-state index contributed by atoms with van der Waals surface area (Å²) >= 11 is 0. The van der Waals surface area contributed by atoms with Gasteiger partial charge in [0, 0.05) is 13.1 Å². The minimum absolute atomic E-state index is 0.0504. The molecule has 0 aromatic heterocycles. The number of ether oxygens (including phenoxy) is 2. The van der Waals surface area contributed by atoms with Crippen molar-refractivity contribution in [3.05, 3.63) is 12.7 Å². The monoisotopic (exact) mass is 201 g/mol. The van der Waals surface area contributed by atoms with Crippen LogP contribution in [-0.2, 0) is 14.3 Å². The number of alkyl carbamates (subject to hydrolysis) is 1. The molecular weight excluding hydrogens is 186 g/mol. The molecular formula is C9H15NO4. The van der Waals surface area contributed by atoms with E-state index in [0.717, 1.165) is 6.08 Å². The second-order valence-corrected chi connectivity index (χ2v) is 2.52. The maximum atomic E-state index is 10.8. The van der Waals surface area contributed by atoms with Gasteiger partial charge in [-0.15, -0.1) is 0 Å². The molecule has 1 N–H and O–H groups in total. The molecule has 1 atom stereocenters. The number of amides is 1. The fourth-order valence-corrected chi connectivity index (χ4v) is 0.680. The first-order valence-corrected chi connectivity index (χ1v) is 4.31. The molecule has 0 aromatic carbocycles. The van der Waals surface area contributed by atoms with Crippen LogP contribution >= 0.6 is 0 Å². The minimum atomic E-state index is -0.536. The summed E-state index contributed by atoms with van der Waals surface area (Å²) in [6.45, 7) is 5.13. The van der Waals surface area contributed by atoms with E-state index in [1.807, 2.05) is 6.92 Å². The summed E-state index contributed by atoms with van der Waals surface area (Å²) in [5.74, 6) is -0.524. The van der Waals surface area contributed by atoms with Crippen molar-refractivity contribution in [2.45, 2.75) is 19.4 Å². The van der Waals surface area contributed by atoms with Crippen LogP contribution in [0.25, 0.3) is 0 Å². The predicted octanol–water partition coefficient (Wildman–Crippen LogP) is 0.850. The zero-order valence-electron chi connectivity index (χ0n) is 8.41. The number of esters is 1. The molecule has 0 aliphatic carbocycles. The van der Waals surface area contributed by atoms with Gasteiger partial charge in [-0.3, -0.25) is 0 Å². The quantitative estimate of drug-likeness (QED) is 0.529. The highest BCUT2D eigenvalue weighted by Gasteiger charge is 2.12. The van der Waals surface area contributed by atoms with Crippen LogP contribution in [0.15, 0.2) is 12.7 Å². The van der Waals surface area contributed by atoms with Crippen molar-refractivity contribution in [3.63, 3.8) is 0 Å². The van der Waals surface area contributed by atoms with E-state index in [1.54, 1.807) is 0 Å². The van der Waals surface area contributed by atoms with Gasteiger partial charge in [0.25, 0.3) is 0 Å². The van der Waals surface area contributed by atoms with Gasteiger partial charge in [0.05, 0.1) is 0 Å². The van der Waals surface area contributed by atoms with Crippen molar-refractivity contribution in [2.24, 2.45) is 0 Å². The van der Waals surface area contributed by atoms with E-state index in [1.165, 1.54) is 7.05 Å². The molecule has 0 fully saturated rings. The Kier molecular flexibility index (Phi) is 6.19. The van der Waals surface area contributed by atoms with Crippen LogP contribution in [0.4, 0.5) is 4.79 Å². The van der Waals surface area contributed by atoms with Crippen LogP contribution in [0.2, 0.25) is 0 Å². The second-order valence-electron chi connectivity index (χ2n) is 2.52. The molecule has 0 bridgehead atoms. The van der Waals surface area contributed by atoms with E-state index in [4.69, 9.17) is 9.47 Å². The van der Waals surface area contributed by atoms with E-state index in [0.29, 0.717) is 6.42 Å². The highest BCUT2D eigenvalue weighted by molar-refractivity contribution is 5.81. The molecule has 0 aliphatic rings. The summed E-state index contributed by atoms with van der Waals surface area (Å²) in [5, 5.41) is 2.31. The van der Waals surface area contributed by atoms with Gasteiger partial charge in [-0.05, 0) is 6.42 Å². The van der Waals surface area contributed by atoms with Gasteiger partial charge >= 0.3 is 12.1 Å². The van der Waals surface area contributed by atoms with Crippen molar-refractivity contribution in [1.82, 2.24) is 5.32 Å². The smallest absolute Gasteiger partial charge is 0.407 e. The molecule has 14 heavy (non-hydrogen) atoms. The number of hydrogen-bond donors (Lipinski definition) is 1. The number of hydrogen-bond acceptors (Lipinski definition) is 4. The minimum Gasteiger partial charge on any atom is -0.459 e. The fourth-order valence-electron chi connectivity index (χ4n) is 0.680. The molecule has 80 valence electrons. The Morgan fingerprint density at radius 2 is 2.21 bits per heavy atom. The fraction of sp³-hybridized carbons (Fsp3) is 0.556. The number of nitrogens with one attached hydrogen (secondary N) is 1. The van der Waals surface area contributed by atoms with Gasteiger partial charge in [0.1, 0.15) is 12.7 Å². The van der Waals surface area contributed by atoms with Crippen molar-refractivity contribution in [2.75, 3.05) is 13.7 Å². The first kappa shape index (κ1) is 12.5. The number of carbonyl (C=O) groups excluding carboxylic acids is 2. The average Bonchev–Trinajstić information content (AvgIpc) is 2.22. The Bertz CT molecular complexity index is 215. The lowest BCUT2D eigenvalue weighted by Gasteiger charge is -2.14. The zero-order chi connectivity index (χ0) is 11.0. The molecule has 1 unspecified atom stereocenters. The highest BCUT2D eigenvalue weighted by Crippen LogP contribution is 1.99. The standard InChI is InChI=1S/C9H15NO4/c1-4-7(14-9(12)10-3)6-13-8(11)5-2/h5,7H,2,4,6H2,1,3H3,(H,10,12). The molecule has 1 amide bonds. The van der Waals surface area contributed by atoms with Crippen LogP contribution < -0.4 is 5.32 Å². The Morgan fingerprint density at radius 1 is 1.57 bits per heavy atom. The summed E-state index contributed by atoms with van der Waals surface area (Å²) in [6.07, 6.45) is 0.690. The topological polar surface area (TPSA) is 64.6 Å². The van der Waals surface area contributed by atoms with Gasteiger partial charge in [0.15, 0.2) is 0 Å². The highest BCUT2D eigenvalue weighted by atomic mass is 16.6. The third kappa shape index (κ3) is 5.18. The SMILES string of the molecule is C=CC(=O)OCC(CC)OC(=O)NC. The first-order chi connectivity index (χ1) is 6.63.